The maximum Gasteiger partial charge on any atom is 0.227 e. The number of oxazole rings is 2. The Balaban J connectivity index is 0.934. The molecule has 4 heteroatoms. The van der Waals surface area contributed by atoms with E-state index in [1.165, 1.54) is 49.7 Å². The fourth-order valence-corrected chi connectivity index (χ4v) is 11.1. The van der Waals surface area contributed by atoms with Crippen LogP contribution in [0.15, 0.2) is 264 Å². The molecule has 1 aliphatic carbocycles. The van der Waals surface area contributed by atoms with E-state index in [0.717, 1.165) is 72.3 Å². The second-order valence-corrected chi connectivity index (χ2v) is 18.5. The van der Waals surface area contributed by atoms with Crippen molar-refractivity contribution >= 4 is 33.0 Å². The predicted octanol–water partition coefficient (Wildman–Crippen LogP) is 17.5. The predicted molar refractivity (Wildman–Crippen MR) is 289 cm³/mol. The molecule has 0 bridgehead atoms. The summed E-state index contributed by atoms with van der Waals surface area (Å²) in [5.41, 5.74) is 21.2. The Hall–Kier alpha value is -9.38. The number of fused-ring (bicyclic) bond motifs is 6. The van der Waals surface area contributed by atoms with Crippen molar-refractivity contribution < 1.29 is 8.83 Å². The van der Waals surface area contributed by atoms with Gasteiger partial charge in [-0.05, 0) is 174 Å². The molecule has 0 unspecified atom stereocenters. The standard InChI is InChI=1S/C67H42N2O2/c1-3-16-53(17-4-1)67(54-18-5-2-6-19-54)59-22-10-9-21-56(59)57-36-35-47(42-60(57)67)51-37-48-15-7-8-20-55(48)58(41-51)52-39-49(43-27-31-45(32-28-43)65-68-61-23-11-13-25-63(61)70-65)38-50(40-52)44-29-33-46(34-30-44)66-69-62-24-12-14-26-64(62)71-66/h1-42H. The third kappa shape index (κ3) is 6.75. The first-order valence-electron chi connectivity index (χ1n) is 24.1. The molecule has 0 saturated heterocycles. The number of hydrogen-bond donors (Lipinski definition) is 0. The van der Waals surface area contributed by atoms with Crippen LogP contribution in [-0.2, 0) is 5.41 Å². The van der Waals surface area contributed by atoms with Crippen molar-refractivity contribution in [3.8, 4) is 78.5 Å². The lowest BCUT2D eigenvalue weighted by atomic mass is 9.67. The van der Waals surface area contributed by atoms with E-state index in [9.17, 15) is 0 Å². The van der Waals surface area contributed by atoms with Gasteiger partial charge in [0.15, 0.2) is 11.2 Å². The van der Waals surface area contributed by atoms with Crippen LogP contribution in [0.5, 0.6) is 0 Å². The minimum atomic E-state index is -0.501. The number of benzene rings is 11. The zero-order valence-electron chi connectivity index (χ0n) is 38.5. The second-order valence-electron chi connectivity index (χ2n) is 18.5. The van der Waals surface area contributed by atoms with Gasteiger partial charge in [-0.3, -0.25) is 0 Å². The van der Waals surface area contributed by atoms with Crippen LogP contribution in [-0.4, -0.2) is 9.97 Å². The Bertz CT molecular complexity index is 3910. The molecule has 11 aromatic carbocycles. The molecule has 332 valence electrons. The van der Waals surface area contributed by atoms with E-state index in [2.05, 4.69) is 206 Å². The van der Waals surface area contributed by atoms with E-state index in [4.69, 9.17) is 18.8 Å². The van der Waals surface area contributed by atoms with Crippen LogP contribution in [0, 0.1) is 0 Å². The van der Waals surface area contributed by atoms with Crippen LogP contribution < -0.4 is 0 Å². The van der Waals surface area contributed by atoms with Gasteiger partial charge in [-0.25, -0.2) is 9.97 Å². The van der Waals surface area contributed by atoms with Crippen LogP contribution in [0.1, 0.15) is 22.3 Å². The van der Waals surface area contributed by atoms with Crippen LogP contribution in [0.2, 0.25) is 0 Å². The molecule has 0 radical (unpaired) electrons. The van der Waals surface area contributed by atoms with Crippen LogP contribution in [0.25, 0.3) is 112 Å². The minimum absolute atomic E-state index is 0.501. The van der Waals surface area contributed by atoms with Gasteiger partial charge in [-0.2, -0.15) is 0 Å². The average molecular weight is 907 g/mol. The largest absolute Gasteiger partial charge is 0.436 e. The summed E-state index contributed by atoms with van der Waals surface area (Å²) in [5.74, 6) is 1.21. The summed E-state index contributed by atoms with van der Waals surface area (Å²) in [6.45, 7) is 0. The summed E-state index contributed by atoms with van der Waals surface area (Å²) in [4.78, 5) is 9.57. The molecule has 2 heterocycles. The average Bonchev–Trinajstić information content (AvgIpc) is 4.17. The lowest BCUT2D eigenvalue weighted by Gasteiger charge is -2.34. The Kier molecular flexibility index (Phi) is 9.39. The second kappa shape index (κ2) is 16.4. The van der Waals surface area contributed by atoms with E-state index in [1.807, 2.05) is 48.5 Å². The van der Waals surface area contributed by atoms with Crippen molar-refractivity contribution in [1.29, 1.82) is 0 Å². The van der Waals surface area contributed by atoms with Crippen molar-refractivity contribution in [1.82, 2.24) is 9.97 Å². The maximum atomic E-state index is 6.18. The Morgan fingerprint density at radius 1 is 0.282 bits per heavy atom. The van der Waals surface area contributed by atoms with Gasteiger partial charge in [0.1, 0.15) is 11.0 Å². The molecule has 0 atom stereocenters. The molecule has 1 aliphatic rings. The Morgan fingerprint density at radius 2 is 0.746 bits per heavy atom. The highest BCUT2D eigenvalue weighted by Crippen LogP contribution is 2.57. The van der Waals surface area contributed by atoms with Crippen molar-refractivity contribution in [2.24, 2.45) is 0 Å². The highest BCUT2D eigenvalue weighted by atomic mass is 16.4. The summed E-state index contributed by atoms with van der Waals surface area (Å²) >= 11 is 0. The fraction of sp³-hybridized carbons (Fsp3) is 0.0149. The van der Waals surface area contributed by atoms with Gasteiger partial charge in [0.2, 0.25) is 11.8 Å². The zero-order chi connectivity index (χ0) is 46.9. The molecule has 71 heavy (non-hydrogen) atoms. The molecule has 2 aromatic heterocycles. The molecular weight excluding hydrogens is 865 g/mol. The van der Waals surface area contributed by atoms with Gasteiger partial charge >= 0.3 is 0 Å². The van der Waals surface area contributed by atoms with Gasteiger partial charge in [0.25, 0.3) is 0 Å². The monoisotopic (exact) mass is 906 g/mol. The van der Waals surface area contributed by atoms with E-state index in [1.54, 1.807) is 0 Å². The Morgan fingerprint density at radius 3 is 1.35 bits per heavy atom. The highest BCUT2D eigenvalue weighted by molar-refractivity contribution is 6.02. The third-order valence-corrected chi connectivity index (χ3v) is 14.4. The smallest absolute Gasteiger partial charge is 0.227 e. The number of aromatic nitrogens is 2. The SMILES string of the molecule is c1ccc(C2(c3ccccc3)c3ccccc3-c3ccc(-c4cc(-c5cc(-c6ccc(-c7nc8ccccc8o7)cc6)cc(-c6ccc(-c7nc8ccccc8o7)cc6)c5)c5ccccc5c4)cc32)cc1. The lowest BCUT2D eigenvalue weighted by molar-refractivity contribution is 0.619. The third-order valence-electron chi connectivity index (χ3n) is 14.4. The first-order valence-corrected chi connectivity index (χ1v) is 24.1. The van der Waals surface area contributed by atoms with E-state index >= 15 is 0 Å². The number of rotatable bonds is 8. The van der Waals surface area contributed by atoms with Gasteiger partial charge < -0.3 is 8.83 Å². The number of hydrogen-bond acceptors (Lipinski definition) is 4. The molecule has 0 aliphatic heterocycles. The van der Waals surface area contributed by atoms with Crippen LogP contribution >= 0.6 is 0 Å². The highest BCUT2D eigenvalue weighted by Gasteiger charge is 2.46. The first-order chi connectivity index (χ1) is 35.1. The van der Waals surface area contributed by atoms with E-state index in [0.29, 0.717) is 11.8 Å². The van der Waals surface area contributed by atoms with Crippen LogP contribution in [0.4, 0.5) is 0 Å². The van der Waals surface area contributed by atoms with E-state index < -0.39 is 5.41 Å². The number of nitrogens with zero attached hydrogens (tertiary/aromatic N) is 2. The zero-order valence-corrected chi connectivity index (χ0v) is 38.5. The van der Waals surface area contributed by atoms with Crippen molar-refractivity contribution in [3.63, 3.8) is 0 Å². The molecule has 13 aromatic rings. The van der Waals surface area contributed by atoms with E-state index in [-0.39, 0.29) is 0 Å². The van der Waals surface area contributed by atoms with Gasteiger partial charge in [-0.15, -0.1) is 0 Å². The topological polar surface area (TPSA) is 52.1 Å². The molecule has 0 N–H and O–H groups in total. The summed E-state index contributed by atoms with van der Waals surface area (Å²) in [5, 5.41) is 2.37. The normalized spacial score (nSPS) is 12.6. The van der Waals surface area contributed by atoms with Crippen LogP contribution in [0.3, 0.4) is 0 Å². The molecule has 14 rings (SSSR count). The summed E-state index contributed by atoms with van der Waals surface area (Å²) in [6.07, 6.45) is 0. The lowest BCUT2D eigenvalue weighted by Crippen LogP contribution is -2.28. The van der Waals surface area contributed by atoms with Crippen molar-refractivity contribution in [3.05, 3.63) is 277 Å². The molecule has 0 saturated carbocycles. The number of para-hydroxylation sites is 4. The molecule has 0 amide bonds. The van der Waals surface area contributed by atoms with Gasteiger partial charge in [0, 0.05) is 11.1 Å². The van der Waals surface area contributed by atoms with Gasteiger partial charge in [0.05, 0.1) is 5.41 Å². The molecular formula is C67H42N2O2. The van der Waals surface area contributed by atoms with Gasteiger partial charge in [-0.1, -0.05) is 170 Å². The first kappa shape index (κ1) is 40.7. The summed E-state index contributed by atoms with van der Waals surface area (Å²) < 4.78 is 12.4. The Labute approximate surface area is 410 Å². The van der Waals surface area contributed by atoms with Crippen molar-refractivity contribution in [2.45, 2.75) is 5.41 Å². The quantitative estimate of drug-likeness (QED) is 0.152. The maximum absolute atomic E-state index is 6.18. The molecule has 0 fully saturated rings. The summed E-state index contributed by atoms with van der Waals surface area (Å²) in [6, 6.07) is 91.5. The summed E-state index contributed by atoms with van der Waals surface area (Å²) in [7, 11) is 0. The molecule has 0 spiro atoms. The van der Waals surface area contributed by atoms with Crippen molar-refractivity contribution in [2.75, 3.05) is 0 Å². The minimum Gasteiger partial charge on any atom is -0.436 e. The fourth-order valence-electron chi connectivity index (χ4n) is 11.1. The molecule has 4 nitrogen and oxygen atoms in total.